The number of methoxy groups -OCH3 is 1. The molecule has 0 radical (unpaired) electrons. The summed E-state index contributed by atoms with van der Waals surface area (Å²) in [6.07, 6.45) is 6.69. The van der Waals surface area contributed by atoms with Crippen LogP contribution < -0.4 is 14.8 Å². The molecule has 0 bridgehead atoms. The molecule has 1 N–H and O–H groups in total. The monoisotopic (exact) mass is 466 g/mol. The molecule has 2 aromatic rings. The summed E-state index contributed by atoms with van der Waals surface area (Å²) < 4.78 is 11.4. The zero-order chi connectivity index (χ0) is 23.4. The second-order valence-electron chi connectivity index (χ2n) is 9.11. The molecule has 1 amide bonds. The lowest BCUT2D eigenvalue weighted by Crippen LogP contribution is -2.48. The molecule has 1 aliphatic carbocycles. The van der Waals surface area contributed by atoms with Crippen LogP contribution in [-0.4, -0.2) is 35.6 Å². The van der Waals surface area contributed by atoms with Crippen LogP contribution in [0.3, 0.4) is 0 Å². The van der Waals surface area contributed by atoms with Crippen LogP contribution >= 0.6 is 11.8 Å². The molecule has 3 atom stereocenters. The number of carbonyl (C=O) groups is 1. The topological polar surface area (TPSA) is 50.8 Å². The van der Waals surface area contributed by atoms with Crippen LogP contribution in [0.15, 0.2) is 53.4 Å². The second-order valence-corrected chi connectivity index (χ2v) is 10.2. The molecule has 4 rings (SSSR count). The number of nitrogens with zero attached hydrogens (tertiary/aromatic N) is 1. The van der Waals surface area contributed by atoms with Gasteiger partial charge in [-0.3, -0.25) is 4.79 Å². The third-order valence-corrected chi connectivity index (χ3v) is 7.39. The molecule has 33 heavy (non-hydrogen) atoms. The van der Waals surface area contributed by atoms with Crippen LogP contribution in [0, 0.1) is 5.92 Å². The van der Waals surface area contributed by atoms with E-state index in [-0.39, 0.29) is 23.6 Å². The molecule has 0 aromatic heterocycles. The van der Waals surface area contributed by atoms with Crippen LogP contribution in [-0.2, 0) is 4.79 Å². The predicted molar refractivity (Wildman–Crippen MR) is 136 cm³/mol. The second kappa shape index (κ2) is 10.6. The van der Waals surface area contributed by atoms with Crippen molar-refractivity contribution < 1.29 is 14.3 Å². The number of anilines is 1. The van der Waals surface area contributed by atoms with E-state index in [2.05, 4.69) is 17.1 Å². The van der Waals surface area contributed by atoms with Crippen LogP contribution in [0.4, 0.5) is 5.69 Å². The summed E-state index contributed by atoms with van der Waals surface area (Å²) >= 11 is 1.59. The Morgan fingerprint density at radius 1 is 1.09 bits per heavy atom. The number of carbonyl (C=O) groups excluding carboxylic acids is 1. The average molecular weight is 467 g/mol. The van der Waals surface area contributed by atoms with Crippen LogP contribution in [0.1, 0.15) is 52.0 Å². The summed E-state index contributed by atoms with van der Waals surface area (Å²) in [7, 11) is 1.64. The molecule has 2 aromatic carbocycles. The minimum atomic E-state index is -0.123. The normalized spacial score (nSPS) is 24.4. The van der Waals surface area contributed by atoms with Gasteiger partial charge < -0.3 is 19.7 Å². The highest BCUT2D eigenvalue weighted by Gasteiger charge is 2.42. The Balaban J connectivity index is 1.63. The molecule has 1 aliphatic heterocycles. The van der Waals surface area contributed by atoms with Gasteiger partial charge in [0, 0.05) is 11.7 Å². The van der Waals surface area contributed by atoms with E-state index in [1.807, 2.05) is 68.5 Å². The number of para-hydroxylation sites is 1. The summed E-state index contributed by atoms with van der Waals surface area (Å²) in [5.74, 6) is 1.98. The Morgan fingerprint density at radius 3 is 2.55 bits per heavy atom. The number of thioether (sulfide) groups is 1. The molecule has 1 heterocycles. The zero-order valence-electron chi connectivity index (χ0n) is 19.9. The molecule has 1 unspecified atom stereocenters. The van der Waals surface area contributed by atoms with E-state index >= 15 is 0 Å². The highest BCUT2D eigenvalue weighted by Crippen LogP contribution is 2.42. The van der Waals surface area contributed by atoms with E-state index in [0.29, 0.717) is 17.4 Å². The van der Waals surface area contributed by atoms with Gasteiger partial charge in [-0.25, -0.2) is 0 Å². The Kier molecular flexibility index (Phi) is 7.53. The Bertz CT molecular complexity index is 992. The maximum Gasteiger partial charge on any atom is 0.262 e. The van der Waals surface area contributed by atoms with Gasteiger partial charge in [-0.05, 0) is 68.5 Å². The number of rotatable bonds is 7. The van der Waals surface area contributed by atoms with E-state index < -0.39 is 0 Å². The zero-order valence-corrected chi connectivity index (χ0v) is 20.7. The fourth-order valence-electron chi connectivity index (χ4n) is 4.64. The van der Waals surface area contributed by atoms with Gasteiger partial charge in [0.2, 0.25) is 0 Å². The van der Waals surface area contributed by atoms with E-state index in [4.69, 9.17) is 9.47 Å². The van der Waals surface area contributed by atoms with Gasteiger partial charge in [0.25, 0.3) is 5.91 Å². The van der Waals surface area contributed by atoms with E-state index in [1.165, 1.54) is 19.3 Å². The fraction of sp³-hybridized carbons (Fsp3) is 0.444. The number of amides is 1. The molecule has 1 saturated carbocycles. The number of hydrogen-bond donors (Lipinski definition) is 1. The van der Waals surface area contributed by atoms with E-state index in [9.17, 15) is 4.79 Å². The lowest BCUT2D eigenvalue weighted by atomic mass is 9.85. The minimum absolute atomic E-state index is 0.0610. The van der Waals surface area contributed by atoms with Crippen molar-refractivity contribution in [1.82, 2.24) is 4.90 Å². The number of ether oxygens (including phenoxy) is 2. The van der Waals surface area contributed by atoms with E-state index in [0.717, 1.165) is 22.6 Å². The first-order valence-corrected chi connectivity index (χ1v) is 12.7. The van der Waals surface area contributed by atoms with Gasteiger partial charge in [-0.1, -0.05) is 55.8 Å². The van der Waals surface area contributed by atoms with Crippen LogP contribution in [0.2, 0.25) is 0 Å². The van der Waals surface area contributed by atoms with Crippen LogP contribution in [0.25, 0.3) is 6.08 Å². The number of nitrogens with one attached hydrogen (secondary N) is 1. The molecule has 6 heteroatoms. The smallest absolute Gasteiger partial charge is 0.262 e. The van der Waals surface area contributed by atoms with Crippen molar-refractivity contribution in [3.8, 4) is 11.5 Å². The van der Waals surface area contributed by atoms with Gasteiger partial charge in [0.05, 0.1) is 18.1 Å². The first-order chi connectivity index (χ1) is 16.0. The van der Waals surface area contributed by atoms with Crippen molar-refractivity contribution in [2.45, 2.75) is 64.1 Å². The number of hydrogen-bond acceptors (Lipinski definition) is 5. The number of benzene rings is 2. The standard InChI is InChI=1S/C27H34N2O3S/c1-18(2)32-23-15-14-20(16-24(23)31-4)17-25-26(30)29(22-13-9-8-10-19(22)3)27(33-25)28-21-11-6-5-7-12-21/h5-7,11-12,14-19,22,27-28H,8-10,13H2,1-4H3/b25-17-/t19-,22-,27?/m0/s1. The summed E-state index contributed by atoms with van der Waals surface area (Å²) in [4.78, 5) is 16.5. The van der Waals surface area contributed by atoms with Gasteiger partial charge in [-0.2, -0.15) is 0 Å². The average Bonchev–Trinajstić information content (AvgIpc) is 3.10. The molecule has 5 nitrogen and oxygen atoms in total. The quantitative estimate of drug-likeness (QED) is 0.480. The summed E-state index contributed by atoms with van der Waals surface area (Å²) in [5.41, 5.74) is 1.83. The summed E-state index contributed by atoms with van der Waals surface area (Å²) in [6, 6.07) is 16.2. The van der Waals surface area contributed by atoms with Crippen molar-refractivity contribution in [3.05, 3.63) is 59.0 Å². The fourth-order valence-corrected chi connectivity index (χ4v) is 5.86. The van der Waals surface area contributed by atoms with Gasteiger partial charge in [-0.15, -0.1) is 0 Å². The van der Waals surface area contributed by atoms with Gasteiger partial charge in [0.15, 0.2) is 17.0 Å². The van der Waals surface area contributed by atoms with Crippen molar-refractivity contribution in [2.75, 3.05) is 12.4 Å². The highest BCUT2D eigenvalue weighted by atomic mass is 32.2. The van der Waals surface area contributed by atoms with Gasteiger partial charge >= 0.3 is 0 Å². The Morgan fingerprint density at radius 2 is 1.85 bits per heavy atom. The Labute approximate surface area is 201 Å². The largest absolute Gasteiger partial charge is 0.493 e. The maximum absolute atomic E-state index is 13.7. The summed E-state index contributed by atoms with van der Waals surface area (Å²) in [5, 5.41) is 3.59. The molecular weight excluding hydrogens is 432 g/mol. The lowest BCUT2D eigenvalue weighted by Gasteiger charge is -2.39. The van der Waals surface area contributed by atoms with Crippen molar-refractivity contribution in [1.29, 1.82) is 0 Å². The molecule has 2 aliphatic rings. The predicted octanol–water partition coefficient (Wildman–Crippen LogP) is 6.37. The van der Waals surface area contributed by atoms with Crippen LogP contribution in [0.5, 0.6) is 11.5 Å². The lowest BCUT2D eigenvalue weighted by molar-refractivity contribution is -0.129. The highest BCUT2D eigenvalue weighted by molar-refractivity contribution is 8.05. The molecule has 176 valence electrons. The van der Waals surface area contributed by atoms with Crippen molar-refractivity contribution in [3.63, 3.8) is 0 Å². The SMILES string of the molecule is COc1cc(/C=C2\SC(Nc3ccccc3)N([C@H]3CCCC[C@@H]3C)C2=O)ccc1OC(C)C. The molecule has 2 fully saturated rings. The first kappa shape index (κ1) is 23.6. The van der Waals surface area contributed by atoms with E-state index in [1.54, 1.807) is 18.9 Å². The van der Waals surface area contributed by atoms with Gasteiger partial charge in [0.1, 0.15) is 0 Å². The minimum Gasteiger partial charge on any atom is -0.493 e. The molecular formula is C27H34N2O3S. The third-order valence-electron chi connectivity index (χ3n) is 6.27. The molecule has 1 saturated heterocycles. The summed E-state index contributed by atoms with van der Waals surface area (Å²) in [6.45, 7) is 6.26. The first-order valence-electron chi connectivity index (χ1n) is 11.8. The van der Waals surface area contributed by atoms with Crippen molar-refractivity contribution >= 4 is 29.4 Å². The van der Waals surface area contributed by atoms with Crippen molar-refractivity contribution in [2.24, 2.45) is 5.92 Å². The molecule has 0 spiro atoms. The maximum atomic E-state index is 13.7. The third kappa shape index (κ3) is 5.49. The Hall–Kier alpha value is -2.60.